The van der Waals surface area contributed by atoms with Crippen LogP contribution in [0.1, 0.15) is 39.7 Å². The maximum atomic E-state index is 12.6. The molecular formula is C22H27I3O7. The number of esters is 3. The van der Waals surface area contributed by atoms with Gasteiger partial charge in [-0.2, -0.15) is 0 Å². The van der Waals surface area contributed by atoms with Gasteiger partial charge in [0, 0.05) is 10.7 Å². The van der Waals surface area contributed by atoms with E-state index in [4.69, 9.17) is 18.9 Å². The Labute approximate surface area is 229 Å². The molecule has 32 heavy (non-hydrogen) atoms. The van der Waals surface area contributed by atoms with Crippen molar-refractivity contribution in [3.05, 3.63) is 28.4 Å². The molecule has 2 rings (SSSR count). The Morgan fingerprint density at radius 3 is 2.12 bits per heavy atom. The maximum absolute atomic E-state index is 12.6. The molecule has 7 nitrogen and oxygen atoms in total. The minimum atomic E-state index is -0.907. The van der Waals surface area contributed by atoms with Crippen LogP contribution in [0.5, 0.6) is 0 Å². The number of carbonyl (C=O) groups is 3. The zero-order valence-corrected chi connectivity index (χ0v) is 24.9. The highest BCUT2D eigenvalue weighted by molar-refractivity contribution is 14.1. The van der Waals surface area contributed by atoms with Gasteiger partial charge in [-0.15, -0.1) is 0 Å². The van der Waals surface area contributed by atoms with Crippen molar-refractivity contribution in [2.45, 2.75) is 46.6 Å². The van der Waals surface area contributed by atoms with Crippen molar-refractivity contribution in [2.24, 2.45) is 10.8 Å². The summed E-state index contributed by atoms with van der Waals surface area (Å²) in [6, 6.07) is 4.00. The summed E-state index contributed by atoms with van der Waals surface area (Å²) < 4.78 is 24.0. The van der Waals surface area contributed by atoms with Crippen molar-refractivity contribution in [3.8, 4) is 0 Å². The molecule has 1 fully saturated rings. The molecule has 10 heteroatoms. The number of carbonyl (C=O) groups excluding carboxylic acids is 3. The SMILES string of the molecule is CC(C)(CC(C)(C)C(=O)OCC1CO1)C(=O)OCCOC(=O)Cc1cc(I)cc(I)c1I. The molecule has 0 bridgehead atoms. The lowest BCUT2D eigenvalue weighted by Gasteiger charge is -2.31. The van der Waals surface area contributed by atoms with Gasteiger partial charge in [0.05, 0.1) is 23.9 Å². The van der Waals surface area contributed by atoms with Crippen molar-refractivity contribution < 1.29 is 33.3 Å². The smallest absolute Gasteiger partial charge is 0.311 e. The summed E-state index contributed by atoms with van der Waals surface area (Å²) in [4.78, 5) is 37.1. The molecule has 1 aromatic carbocycles. The highest BCUT2D eigenvalue weighted by atomic mass is 127. The van der Waals surface area contributed by atoms with E-state index in [0.717, 1.165) is 16.3 Å². The van der Waals surface area contributed by atoms with Crippen molar-refractivity contribution in [1.29, 1.82) is 0 Å². The second kappa shape index (κ2) is 12.0. The molecule has 1 aliphatic heterocycles. The summed E-state index contributed by atoms with van der Waals surface area (Å²) in [7, 11) is 0. The first-order valence-electron chi connectivity index (χ1n) is 10.1. The highest BCUT2D eigenvalue weighted by Gasteiger charge is 2.41. The van der Waals surface area contributed by atoms with Crippen molar-refractivity contribution in [3.63, 3.8) is 0 Å². The predicted octanol–water partition coefficient (Wildman–Crippen LogP) is 4.51. The molecule has 0 saturated carbocycles. The largest absolute Gasteiger partial charge is 0.462 e. The lowest BCUT2D eigenvalue weighted by atomic mass is 9.75. The number of rotatable bonds is 11. The van der Waals surface area contributed by atoms with Crippen LogP contribution in [0.2, 0.25) is 0 Å². The van der Waals surface area contributed by atoms with Crippen LogP contribution in [0.4, 0.5) is 0 Å². The number of hydrogen-bond donors (Lipinski definition) is 0. The quantitative estimate of drug-likeness (QED) is 0.0816. The molecule has 0 radical (unpaired) electrons. The van der Waals surface area contributed by atoms with E-state index in [-0.39, 0.29) is 50.7 Å². The van der Waals surface area contributed by atoms with E-state index in [2.05, 4.69) is 67.8 Å². The van der Waals surface area contributed by atoms with Crippen LogP contribution in [0, 0.1) is 21.5 Å². The molecular weight excluding hydrogens is 757 g/mol. The number of benzene rings is 1. The molecule has 1 unspecified atom stereocenters. The van der Waals surface area contributed by atoms with Gasteiger partial charge >= 0.3 is 17.9 Å². The van der Waals surface area contributed by atoms with Gasteiger partial charge in [-0.3, -0.25) is 14.4 Å². The predicted molar refractivity (Wildman–Crippen MR) is 143 cm³/mol. The number of ether oxygens (including phenoxy) is 4. The Hall–Kier alpha value is -0.220. The van der Waals surface area contributed by atoms with Crippen LogP contribution < -0.4 is 0 Å². The molecule has 0 amide bonds. The average Bonchev–Trinajstić information content (AvgIpc) is 3.50. The summed E-state index contributed by atoms with van der Waals surface area (Å²) in [5, 5.41) is 0. The van der Waals surface area contributed by atoms with E-state index >= 15 is 0 Å². The number of halogens is 3. The van der Waals surface area contributed by atoms with Crippen LogP contribution in [0.25, 0.3) is 0 Å². The van der Waals surface area contributed by atoms with Crippen LogP contribution in [-0.2, 0) is 39.8 Å². The van der Waals surface area contributed by atoms with Gasteiger partial charge in [-0.1, -0.05) is 0 Å². The molecule has 1 heterocycles. The summed E-state index contributed by atoms with van der Waals surface area (Å²) >= 11 is 6.67. The van der Waals surface area contributed by atoms with Gasteiger partial charge in [0.2, 0.25) is 0 Å². The summed E-state index contributed by atoms with van der Waals surface area (Å²) in [5.41, 5.74) is -0.852. The molecule has 0 aliphatic carbocycles. The van der Waals surface area contributed by atoms with E-state index in [9.17, 15) is 14.4 Å². The zero-order valence-electron chi connectivity index (χ0n) is 18.5. The van der Waals surface area contributed by atoms with E-state index in [0.29, 0.717) is 6.61 Å². The molecule has 0 aromatic heterocycles. The second-order valence-corrected chi connectivity index (χ2v) is 12.4. The van der Waals surface area contributed by atoms with Crippen molar-refractivity contribution >= 4 is 85.7 Å². The first-order chi connectivity index (χ1) is 14.8. The summed E-state index contributed by atoms with van der Waals surface area (Å²) in [5.74, 6) is -1.20. The first kappa shape index (κ1) is 28.0. The first-order valence-corrected chi connectivity index (χ1v) is 13.3. The lowest BCUT2D eigenvalue weighted by molar-refractivity contribution is -0.164. The fourth-order valence-electron chi connectivity index (χ4n) is 3.21. The van der Waals surface area contributed by atoms with Crippen LogP contribution in [0.15, 0.2) is 12.1 Å². The fourth-order valence-corrected chi connectivity index (χ4v) is 5.67. The van der Waals surface area contributed by atoms with Gasteiger partial charge in [-0.05, 0) is 120 Å². The van der Waals surface area contributed by atoms with Crippen molar-refractivity contribution in [1.82, 2.24) is 0 Å². The minimum Gasteiger partial charge on any atom is -0.462 e. The van der Waals surface area contributed by atoms with E-state index in [1.807, 2.05) is 12.1 Å². The van der Waals surface area contributed by atoms with Crippen LogP contribution in [-0.4, -0.2) is 50.4 Å². The third kappa shape index (κ3) is 8.85. The van der Waals surface area contributed by atoms with Gasteiger partial charge in [0.1, 0.15) is 25.9 Å². The summed E-state index contributed by atoms with van der Waals surface area (Å²) in [6.45, 7) is 7.71. The van der Waals surface area contributed by atoms with Gasteiger partial charge < -0.3 is 18.9 Å². The van der Waals surface area contributed by atoms with Crippen LogP contribution in [0.3, 0.4) is 0 Å². The standard InChI is InChI=1S/C22H27I3O7/c1-21(2,12-22(3,4)20(28)32-11-15-10-31-15)19(27)30-6-5-29-17(26)8-13-7-14(23)9-16(24)18(13)25/h7,9,15H,5-6,8,10-12H2,1-4H3. The number of epoxide rings is 1. The zero-order chi connectivity index (χ0) is 24.1. The third-order valence-corrected chi connectivity index (χ3v) is 8.55. The Morgan fingerprint density at radius 1 is 0.969 bits per heavy atom. The molecule has 1 atom stereocenters. The molecule has 1 saturated heterocycles. The summed E-state index contributed by atoms with van der Waals surface area (Å²) in [6.07, 6.45) is 0.410. The minimum absolute atomic E-state index is 0.00644. The maximum Gasteiger partial charge on any atom is 0.311 e. The third-order valence-electron chi connectivity index (χ3n) is 4.77. The molecule has 1 aliphatic rings. The molecule has 0 spiro atoms. The molecule has 1 aromatic rings. The van der Waals surface area contributed by atoms with Gasteiger partial charge in [0.25, 0.3) is 0 Å². The number of hydrogen-bond acceptors (Lipinski definition) is 7. The van der Waals surface area contributed by atoms with E-state index < -0.39 is 16.8 Å². The van der Waals surface area contributed by atoms with E-state index in [1.54, 1.807) is 27.7 Å². The average molecular weight is 784 g/mol. The van der Waals surface area contributed by atoms with Crippen LogP contribution >= 0.6 is 67.8 Å². The monoisotopic (exact) mass is 784 g/mol. The fraction of sp³-hybridized carbons (Fsp3) is 0.591. The van der Waals surface area contributed by atoms with Crippen molar-refractivity contribution in [2.75, 3.05) is 26.4 Å². The topological polar surface area (TPSA) is 91.4 Å². The van der Waals surface area contributed by atoms with Gasteiger partial charge in [-0.25, -0.2) is 0 Å². The Bertz CT molecular complexity index is 863. The second-order valence-electron chi connectivity index (χ2n) is 8.89. The Kier molecular flexibility index (Phi) is 10.5. The lowest BCUT2D eigenvalue weighted by Crippen LogP contribution is -2.37. The Morgan fingerprint density at radius 2 is 1.53 bits per heavy atom. The highest BCUT2D eigenvalue weighted by Crippen LogP contribution is 2.36. The molecule has 0 N–H and O–H groups in total. The molecule has 178 valence electrons. The van der Waals surface area contributed by atoms with E-state index in [1.165, 1.54) is 0 Å². The normalized spacial score (nSPS) is 15.8. The Balaban J connectivity index is 1.76. The van der Waals surface area contributed by atoms with Gasteiger partial charge in [0.15, 0.2) is 0 Å².